The van der Waals surface area contributed by atoms with Crippen LogP contribution in [0.4, 0.5) is 0 Å². The molecule has 0 fully saturated rings. The molecular weight excluding hydrogens is 380 g/mol. The fourth-order valence-corrected chi connectivity index (χ4v) is 3.86. The van der Waals surface area contributed by atoms with E-state index in [1.807, 2.05) is 0 Å². The topological polar surface area (TPSA) is 83.8 Å². The van der Waals surface area contributed by atoms with E-state index in [1.165, 1.54) is 51.4 Å². The summed E-state index contributed by atoms with van der Waals surface area (Å²) in [6.45, 7) is 4.48. The van der Waals surface area contributed by atoms with Crippen molar-refractivity contribution in [3.63, 3.8) is 0 Å². The predicted molar refractivity (Wildman–Crippen MR) is 123 cm³/mol. The van der Waals surface area contributed by atoms with Crippen LogP contribution in [0, 0.1) is 5.92 Å². The van der Waals surface area contributed by atoms with E-state index in [0.29, 0.717) is 25.7 Å². The molecule has 0 aromatic heterocycles. The largest absolute Gasteiger partial charge is 0.481 e. The minimum atomic E-state index is -0.800. The molecule has 0 amide bonds. The zero-order valence-corrected chi connectivity index (χ0v) is 19.7. The summed E-state index contributed by atoms with van der Waals surface area (Å²) in [7, 11) is 0. The molecule has 0 aromatic carbocycles. The van der Waals surface area contributed by atoms with Gasteiger partial charge in [-0.25, -0.2) is 0 Å². The van der Waals surface area contributed by atoms with Crippen molar-refractivity contribution in [1.29, 1.82) is 0 Å². The maximum Gasteiger partial charge on any atom is 0.306 e. The number of carboxylic acids is 1. The second-order valence-electron chi connectivity index (χ2n) is 8.74. The van der Waals surface area contributed by atoms with E-state index in [1.54, 1.807) is 0 Å². The van der Waals surface area contributed by atoms with Crippen molar-refractivity contribution < 1.29 is 24.5 Å². The van der Waals surface area contributed by atoms with Crippen LogP contribution in [-0.2, 0) is 14.3 Å². The number of carbonyl (C=O) groups is 2. The van der Waals surface area contributed by atoms with Crippen LogP contribution < -0.4 is 0 Å². The van der Waals surface area contributed by atoms with Gasteiger partial charge in [0, 0.05) is 19.4 Å². The Morgan fingerprint density at radius 3 is 1.67 bits per heavy atom. The molecule has 5 heteroatoms. The van der Waals surface area contributed by atoms with Gasteiger partial charge in [0.05, 0.1) is 0 Å². The number of aliphatic hydroxyl groups excluding tert-OH is 1. The molecule has 1 atom stereocenters. The predicted octanol–water partition coefficient (Wildman–Crippen LogP) is 6.65. The Hall–Kier alpha value is -1.10. The van der Waals surface area contributed by atoms with Crippen molar-refractivity contribution in [2.24, 2.45) is 5.92 Å². The Kier molecular flexibility index (Phi) is 20.4. The first kappa shape index (κ1) is 28.9. The van der Waals surface area contributed by atoms with Crippen LogP contribution in [-0.4, -0.2) is 34.9 Å². The van der Waals surface area contributed by atoms with Crippen LogP contribution >= 0.6 is 0 Å². The van der Waals surface area contributed by atoms with Crippen LogP contribution in [0.25, 0.3) is 0 Å². The summed E-state index contributed by atoms with van der Waals surface area (Å²) < 4.78 is 5.81. The van der Waals surface area contributed by atoms with Gasteiger partial charge in [-0.15, -0.1) is 0 Å². The molecule has 1 unspecified atom stereocenters. The van der Waals surface area contributed by atoms with Crippen molar-refractivity contribution >= 4 is 11.9 Å². The first-order valence-electron chi connectivity index (χ1n) is 12.6. The third kappa shape index (κ3) is 18.9. The molecule has 5 nitrogen and oxygen atoms in total. The van der Waals surface area contributed by atoms with Crippen molar-refractivity contribution in [2.45, 2.75) is 136 Å². The van der Waals surface area contributed by atoms with Gasteiger partial charge in [-0.3, -0.25) is 9.59 Å². The molecule has 0 aliphatic rings. The monoisotopic (exact) mass is 428 g/mol. The highest BCUT2D eigenvalue weighted by molar-refractivity contribution is 5.69. The lowest BCUT2D eigenvalue weighted by atomic mass is 9.96. The van der Waals surface area contributed by atoms with Crippen molar-refractivity contribution in [3.05, 3.63) is 0 Å². The molecule has 2 N–H and O–H groups in total. The molecule has 0 aliphatic carbocycles. The van der Waals surface area contributed by atoms with Crippen LogP contribution in [0.3, 0.4) is 0 Å². The molecular formula is C25H48O5. The molecule has 0 aliphatic heterocycles. The van der Waals surface area contributed by atoms with Gasteiger partial charge < -0.3 is 14.9 Å². The van der Waals surface area contributed by atoms with Crippen molar-refractivity contribution in [3.8, 4) is 0 Å². The molecule has 0 aromatic rings. The fourth-order valence-electron chi connectivity index (χ4n) is 3.86. The number of hydrogen-bond donors (Lipinski definition) is 2. The van der Waals surface area contributed by atoms with E-state index in [4.69, 9.17) is 9.84 Å². The number of aliphatic hydroxyl groups is 1. The Balaban J connectivity index is 4.19. The minimum absolute atomic E-state index is 0.0463. The van der Waals surface area contributed by atoms with Crippen LogP contribution in [0.5, 0.6) is 0 Å². The Morgan fingerprint density at radius 1 is 0.700 bits per heavy atom. The highest BCUT2D eigenvalue weighted by Crippen LogP contribution is 2.19. The molecule has 0 saturated heterocycles. The van der Waals surface area contributed by atoms with Crippen LogP contribution in [0.2, 0.25) is 0 Å². The molecule has 0 saturated carbocycles. The molecule has 30 heavy (non-hydrogen) atoms. The maximum absolute atomic E-state index is 12.3. The minimum Gasteiger partial charge on any atom is -0.481 e. The lowest BCUT2D eigenvalue weighted by Gasteiger charge is -2.19. The SMILES string of the molecule is CCCCCCCC(CCCCCCC)OC(=O)CCCC(CO)CCCC(=O)O. The number of carboxylic acid groups (broad SMARTS) is 1. The van der Waals surface area contributed by atoms with Gasteiger partial charge in [-0.05, 0) is 57.3 Å². The number of aliphatic carboxylic acids is 1. The Morgan fingerprint density at radius 2 is 1.20 bits per heavy atom. The summed E-state index contributed by atoms with van der Waals surface area (Å²) in [5, 5.41) is 18.2. The number of hydrogen-bond acceptors (Lipinski definition) is 4. The fraction of sp³-hybridized carbons (Fsp3) is 0.920. The van der Waals surface area contributed by atoms with E-state index in [2.05, 4.69) is 13.8 Å². The van der Waals surface area contributed by atoms with E-state index < -0.39 is 5.97 Å². The van der Waals surface area contributed by atoms with E-state index in [9.17, 15) is 14.7 Å². The number of carbonyl (C=O) groups excluding carboxylic acids is 1. The summed E-state index contributed by atoms with van der Waals surface area (Å²) in [5.74, 6) is -0.847. The zero-order valence-electron chi connectivity index (χ0n) is 19.7. The third-order valence-corrected chi connectivity index (χ3v) is 5.81. The summed E-state index contributed by atoms with van der Waals surface area (Å²) in [5.41, 5.74) is 0. The molecule has 0 rings (SSSR count). The standard InChI is InChI=1S/C25H48O5/c1-3-5-7-9-11-17-23(18-12-10-8-6-4-2)30-25(29)20-14-16-22(21-26)15-13-19-24(27)28/h22-23,26H,3-21H2,1-2H3,(H,27,28). The smallest absolute Gasteiger partial charge is 0.306 e. The van der Waals surface area contributed by atoms with E-state index in [-0.39, 0.29) is 31.0 Å². The number of rotatable bonds is 22. The highest BCUT2D eigenvalue weighted by Gasteiger charge is 2.15. The van der Waals surface area contributed by atoms with E-state index in [0.717, 1.165) is 32.1 Å². The third-order valence-electron chi connectivity index (χ3n) is 5.81. The van der Waals surface area contributed by atoms with Gasteiger partial charge in [0.25, 0.3) is 0 Å². The lowest BCUT2D eigenvalue weighted by molar-refractivity contribution is -0.150. The normalized spacial score (nSPS) is 12.3. The first-order valence-corrected chi connectivity index (χ1v) is 12.6. The van der Waals surface area contributed by atoms with Crippen LogP contribution in [0.15, 0.2) is 0 Å². The number of ether oxygens (including phenoxy) is 1. The van der Waals surface area contributed by atoms with Gasteiger partial charge in [-0.1, -0.05) is 65.2 Å². The second-order valence-corrected chi connectivity index (χ2v) is 8.74. The van der Waals surface area contributed by atoms with Crippen molar-refractivity contribution in [2.75, 3.05) is 6.61 Å². The average Bonchev–Trinajstić information content (AvgIpc) is 2.71. The number of esters is 1. The summed E-state index contributed by atoms with van der Waals surface area (Å²) >= 11 is 0. The summed E-state index contributed by atoms with van der Waals surface area (Å²) in [6, 6.07) is 0. The highest BCUT2D eigenvalue weighted by atomic mass is 16.5. The van der Waals surface area contributed by atoms with Crippen molar-refractivity contribution in [1.82, 2.24) is 0 Å². The van der Waals surface area contributed by atoms with Crippen LogP contribution in [0.1, 0.15) is 129 Å². The second kappa shape index (κ2) is 21.1. The first-order chi connectivity index (χ1) is 14.5. The van der Waals surface area contributed by atoms with Gasteiger partial charge in [-0.2, -0.15) is 0 Å². The molecule has 0 radical (unpaired) electrons. The summed E-state index contributed by atoms with van der Waals surface area (Å²) in [6.07, 6.45) is 17.4. The number of unbranched alkanes of at least 4 members (excludes halogenated alkanes) is 8. The summed E-state index contributed by atoms with van der Waals surface area (Å²) in [4.78, 5) is 22.9. The maximum atomic E-state index is 12.3. The zero-order chi connectivity index (χ0) is 22.5. The van der Waals surface area contributed by atoms with Gasteiger partial charge in [0.2, 0.25) is 0 Å². The molecule has 0 bridgehead atoms. The lowest BCUT2D eigenvalue weighted by Crippen LogP contribution is -2.19. The van der Waals surface area contributed by atoms with Gasteiger partial charge >= 0.3 is 11.9 Å². The quantitative estimate of drug-likeness (QED) is 0.149. The molecule has 0 spiro atoms. The molecule has 178 valence electrons. The van der Waals surface area contributed by atoms with E-state index >= 15 is 0 Å². The Labute approximate surface area is 185 Å². The Bertz CT molecular complexity index is 396. The average molecular weight is 429 g/mol. The molecule has 0 heterocycles. The van der Waals surface area contributed by atoms with Gasteiger partial charge in [0.15, 0.2) is 0 Å². The van der Waals surface area contributed by atoms with Gasteiger partial charge in [0.1, 0.15) is 6.10 Å².